The van der Waals surface area contributed by atoms with Gasteiger partial charge in [0, 0.05) is 12.1 Å². The zero-order valence-electron chi connectivity index (χ0n) is 13.0. The average Bonchev–Trinajstić information content (AvgIpc) is 3.01. The number of aromatic nitrogens is 2. The van der Waals surface area contributed by atoms with Crippen LogP contribution in [0.2, 0.25) is 0 Å². The Balaban J connectivity index is 2.09. The third kappa shape index (κ3) is 3.65. The van der Waals surface area contributed by atoms with Gasteiger partial charge in [-0.3, -0.25) is 9.89 Å². The van der Waals surface area contributed by atoms with Gasteiger partial charge in [0.1, 0.15) is 11.4 Å². The molecule has 1 aromatic carbocycles. The lowest BCUT2D eigenvalue weighted by Gasteiger charge is -2.14. The van der Waals surface area contributed by atoms with Crippen molar-refractivity contribution >= 4 is 5.91 Å². The maximum absolute atomic E-state index is 12.0. The van der Waals surface area contributed by atoms with E-state index in [1.54, 1.807) is 13.2 Å². The van der Waals surface area contributed by atoms with Crippen molar-refractivity contribution in [3.05, 3.63) is 36.0 Å². The van der Waals surface area contributed by atoms with E-state index in [1.807, 2.05) is 38.1 Å². The van der Waals surface area contributed by atoms with Crippen LogP contribution in [0.3, 0.4) is 0 Å². The number of hydrogen-bond acceptors (Lipinski definition) is 4. The summed E-state index contributed by atoms with van der Waals surface area (Å²) in [6, 6.07) is 9.12. The molecule has 0 aliphatic heterocycles. The zero-order chi connectivity index (χ0) is 16.1. The normalized spacial score (nSPS) is 12.2. The number of hydrogen-bond donors (Lipinski definition) is 3. The Morgan fingerprint density at radius 3 is 2.82 bits per heavy atom. The third-order valence-corrected chi connectivity index (χ3v) is 3.45. The molecule has 0 aliphatic rings. The minimum Gasteiger partial charge on any atom is -0.496 e. The summed E-state index contributed by atoms with van der Waals surface area (Å²) in [5, 5.41) is 19.3. The number of carbonyl (C=O) groups is 1. The lowest BCUT2D eigenvalue weighted by atomic mass is 10.1. The van der Waals surface area contributed by atoms with Crippen LogP contribution in [-0.2, 0) is 0 Å². The van der Waals surface area contributed by atoms with E-state index < -0.39 is 6.10 Å². The van der Waals surface area contributed by atoms with Gasteiger partial charge >= 0.3 is 0 Å². The van der Waals surface area contributed by atoms with Gasteiger partial charge in [-0.25, -0.2) is 0 Å². The van der Waals surface area contributed by atoms with E-state index in [9.17, 15) is 9.90 Å². The number of rotatable bonds is 6. The molecule has 0 fully saturated rings. The largest absolute Gasteiger partial charge is 0.496 e. The summed E-state index contributed by atoms with van der Waals surface area (Å²) in [6.07, 6.45) is -0.569. The fraction of sp³-hybridized carbons (Fsp3) is 0.375. The Morgan fingerprint density at radius 1 is 1.41 bits per heavy atom. The van der Waals surface area contributed by atoms with E-state index >= 15 is 0 Å². The van der Waals surface area contributed by atoms with Crippen LogP contribution >= 0.6 is 0 Å². The number of para-hydroxylation sites is 1. The maximum Gasteiger partial charge on any atom is 0.269 e. The van der Waals surface area contributed by atoms with Gasteiger partial charge in [-0.2, -0.15) is 5.10 Å². The molecule has 0 aliphatic carbocycles. The van der Waals surface area contributed by atoms with Gasteiger partial charge in [0.25, 0.3) is 5.91 Å². The smallest absolute Gasteiger partial charge is 0.269 e. The van der Waals surface area contributed by atoms with Crippen molar-refractivity contribution < 1.29 is 14.6 Å². The monoisotopic (exact) mass is 303 g/mol. The minimum absolute atomic E-state index is 0.0891. The number of nitrogens with zero attached hydrogens (tertiary/aromatic N) is 1. The number of ether oxygens (including phenoxy) is 1. The summed E-state index contributed by atoms with van der Waals surface area (Å²) in [4.78, 5) is 12.0. The first-order valence-electron chi connectivity index (χ1n) is 7.18. The van der Waals surface area contributed by atoms with Crippen LogP contribution in [0.5, 0.6) is 5.75 Å². The Kier molecular flexibility index (Phi) is 5.16. The van der Waals surface area contributed by atoms with Crippen LogP contribution in [0.15, 0.2) is 30.3 Å². The molecule has 2 rings (SSSR count). The second kappa shape index (κ2) is 7.09. The Hall–Kier alpha value is -2.34. The highest BCUT2D eigenvalue weighted by atomic mass is 16.5. The fourth-order valence-electron chi connectivity index (χ4n) is 1.96. The van der Waals surface area contributed by atoms with Gasteiger partial charge < -0.3 is 15.2 Å². The zero-order valence-corrected chi connectivity index (χ0v) is 13.0. The number of aliphatic hydroxyl groups excluding tert-OH is 1. The van der Waals surface area contributed by atoms with Crippen molar-refractivity contribution in [2.24, 2.45) is 5.92 Å². The lowest BCUT2D eigenvalue weighted by molar-refractivity contribution is 0.0867. The molecule has 0 radical (unpaired) electrons. The minimum atomic E-state index is -0.569. The summed E-state index contributed by atoms with van der Waals surface area (Å²) in [5.41, 5.74) is 1.78. The average molecular weight is 303 g/mol. The highest BCUT2D eigenvalue weighted by molar-refractivity contribution is 5.93. The predicted octanol–water partition coefficient (Wildman–Crippen LogP) is 1.83. The fourth-order valence-corrected chi connectivity index (χ4v) is 1.96. The SMILES string of the molecule is COc1ccccc1-c1cc(C(=O)NCC(O)C(C)C)[nH]n1. The molecule has 22 heavy (non-hydrogen) atoms. The molecule has 6 heteroatoms. The van der Waals surface area contributed by atoms with E-state index in [4.69, 9.17) is 4.74 Å². The van der Waals surface area contributed by atoms with Crippen LogP contribution in [0.25, 0.3) is 11.3 Å². The molecule has 118 valence electrons. The highest BCUT2D eigenvalue weighted by Crippen LogP contribution is 2.28. The summed E-state index contributed by atoms with van der Waals surface area (Å²) >= 11 is 0. The Labute approximate surface area is 129 Å². The molecular weight excluding hydrogens is 282 g/mol. The molecule has 6 nitrogen and oxygen atoms in total. The predicted molar refractivity (Wildman–Crippen MR) is 83.8 cm³/mol. The molecule has 1 aromatic heterocycles. The number of H-pyrrole nitrogens is 1. The second-order valence-corrected chi connectivity index (χ2v) is 5.39. The van der Waals surface area contributed by atoms with Gasteiger partial charge in [0.2, 0.25) is 0 Å². The molecule has 1 heterocycles. The molecule has 2 aromatic rings. The van der Waals surface area contributed by atoms with E-state index in [1.165, 1.54) is 0 Å². The van der Waals surface area contributed by atoms with Gasteiger partial charge in [-0.15, -0.1) is 0 Å². The standard InChI is InChI=1S/C16H21N3O3/c1-10(2)14(20)9-17-16(21)13-8-12(18-19-13)11-6-4-5-7-15(11)22-3/h4-8,10,14,20H,9H2,1-3H3,(H,17,21)(H,18,19). The van der Waals surface area contributed by atoms with E-state index in [2.05, 4.69) is 15.5 Å². The molecule has 1 atom stereocenters. The van der Waals surface area contributed by atoms with Crippen LogP contribution in [-0.4, -0.2) is 41.0 Å². The molecule has 1 unspecified atom stereocenters. The Bertz CT molecular complexity index is 637. The van der Waals surface area contributed by atoms with E-state index in [0.717, 1.165) is 5.56 Å². The van der Waals surface area contributed by atoms with Gasteiger partial charge in [-0.05, 0) is 24.1 Å². The van der Waals surface area contributed by atoms with E-state index in [0.29, 0.717) is 17.1 Å². The van der Waals surface area contributed by atoms with Crippen LogP contribution < -0.4 is 10.1 Å². The van der Waals surface area contributed by atoms with Gasteiger partial charge in [0.15, 0.2) is 0 Å². The summed E-state index contributed by atoms with van der Waals surface area (Å²) in [6.45, 7) is 4.00. The third-order valence-electron chi connectivity index (χ3n) is 3.45. The molecule has 0 spiro atoms. The molecule has 0 bridgehead atoms. The van der Waals surface area contributed by atoms with Gasteiger partial charge in [0.05, 0.1) is 18.9 Å². The summed E-state index contributed by atoms with van der Waals surface area (Å²) < 4.78 is 5.29. The highest BCUT2D eigenvalue weighted by Gasteiger charge is 2.15. The first-order valence-corrected chi connectivity index (χ1v) is 7.18. The second-order valence-electron chi connectivity index (χ2n) is 5.39. The van der Waals surface area contributed by atoms with Crippen molar-refractivity contribution in [3.8, 4) is 17.0 Å². The first kappa shape index (κ1) is 16.0. The molecule has 0 saturated carbocycles. The molecule has 0 saturated heterocycles. The lowest BCUT2D eigenvalue weighted by Crippen LogP contribution is -2.34. The number of amides is 1. The van der Waals surface area contributed by atoms with E-state index in [-0.39, 0.29) is 18.4 Å². The number of benzene rings is 1. The number of aliphatic hydroxyl groups is 1. The first-order chi connectivity index (χ1) is 10.5. The number of methoxy groups -OCH3 is 1. The quantitative estimate of drug-likeness (QED) is 0.760. The van der Waals surface area contributed by atoms with Gasteiger partial charge in [-0.1, -0.05) is 26.0 Å². The number of aromatic amines is 1. The Morgan fingerprint density at radius 2 is 2.14 bits per heavy atom. The molecule has 3 N–H and O–H groups in total. The van der Waals surface area contributed by atoms with Crippen LogP contribution in [0.1, 0.15) is 24.3 Å². The van der Waals surface area contributed by atoms with Crippen molar-refractivity contribution in [3.63, 3.8) is 0 Å². The number of carbonyl (C=O) groups excluding carboxylic acids is 1. The van der Waals surface area contributed by atoms with Crippen molar-refractivity contribution in [1.82, 2.24) is 15.5 Å². The topological polar surface area (TPSA) is 87.2 Å². The molecule has 1 amide bonds. The van der Waals surface area contributed by atoms with Crippen molar-refractivity contribution in [2.75, 3.05) is 13.7 Å². The van der Waals surface area contributed by atoms with Crippen LogP contribution in [0.4, 0.5) is 0 Å². The summed E-state index contributed by atoms with van der Waals surface area (Å²) in [7, 11) is 1.59. The van der Waals surface area contributed by atoms with Crippen molar-refractivity contribution in [2.45, 2.75) is 20.0 Å². The maximum atomic E-state index is 12.0. The van der Waals surface area contributed by atoms with Crippen molar-refractivity contribution in [1.29, 1.82) is 0 Å². The molecular formula is C16H21N3O3. The summed E-state index contributed by atoms with van der Waals surface area (Å²) in [5.74, 6) is 0.482. The van der Waals surface area contributed by atoms with Crippen LogP contribution in [0, 0.1) is 5.92 Å². The number of nitrogens with one attached hydrogen (secondary N) is 2.